The van der Waals surface area contributed by atoms with E-state index in [1.54, 1.807) is 17.5 Å². The molecule has 2 aromatic rings. The number of nitrogens with zero attached hydrogens (tertiary/aromatic N) is 3. The van der Waals surface area contributed by atoms with Gasteiger partial charge in [-0.2, -0.15) is 4.98 Å². The fourth-order valence-electron chi connectivity index (χ4n) is 1.50. The van der Waals surface area contributed by atoms with E-state index in [4.69, 9.17) is 10.5 Å². The minimum Gasteiger partial charge on any atom is -0.473 e. The second kappa shape index (κ2) is 6.33. The Labute approximate surface area is 116 Å². The van der Waals surface area contributed by atoms with Gasteiger partial charge in [-0.15, -0.1) is 11.3 Å². The SMILES string of the molecule is CC(C)Oc1ncnc(NCCc2nccs2)c1N. The van der Waals surface area contributed by atoms with Crippen LogP contribution in [0.5, 0.6) is 5.88 Å². The van der Waals surface area contributed by atoms with E-state index in [1.807, 2.05) is 19.2 Å². The molecule has 0 radical (unpaired) electrons. The molecule has 2 rings (SSSR count). The molecule has 0 aliphatic rings. The zero-order chi connectivity index (χ0) is 13.7. The highest BCUT2D eigenvalue weighted by Gasteiger charge is 2.10. The van der Waals surface area contributed by atoms with Gasteiger partial charge in [-0.3, -0.25) is 0 Å². The number of nitrogen functional groups attached to an aromatic ring is 1. The van der Waals surface area contributed by atoms with Gasteiger partial charge in [0, 0.05) is 24.5 Å². The number of thiazole rings is 1. The molecule has 0 spiro atoms. The third kappa shape index (κ3) is 3.78. The molecule has 0 aromatic carbocycles. The molecule has 3 N–H and O–H groups in total. The minimum atomic E-state index is 0.0281. The lowest BCUT2D eigenvalue weighted by Gasteiger charge is -2.13. The summed E-state index contributed by atoms with van der Waals surface area (Å²) in [5, 5.41) is 6.22. The summed E-state index contributed by atoms with van der Waals surface area (Å²) in [4.78, 5) is 12.4. The fraction of sp³-hybridized carbons (Fsp3) is 0.417. The van der Waals surface area contributed by atoms with Gasteiger partial charge in [0.1, 0.15) is 12.0 Å². The highest BCUT2D eigenvalue weighted by molar-refractivity contribution is 7.09. The van der Waals surface area contributed by atoms with E-state index in [0.717, 1.165) is 18.0 Å². The molecule has 0 amide bonds. The van der Waals surface area contributed by atoms with Crippen molar-refractivity contribution in [3.63, 3.8) is 0 Å². The maximum absolute atomic E-state index is 5.97. The van der Waals surface area contributed by atoms with Crippen LogP contribution in [-0.2, 0) is 6.42 Å². The topological polar surface area (TPSA) is 86.0 Å². The van der Waals surface area contributed by atoms with Crippen LogP contribution in [0.15, 0.2) is 17.9 Å². The smallest absolute Gasteiger partial charge is 0.242 e. The van der Waals surface area contributed by atoms with Crippen molar-refractivity contribution in [2.75, 3.05) is 17.6 Å². The third-order valence-electron chi connectivity index (χ3n) is 2.31. The number of rotatable bonds is 6. The first-order valence-corrected chi connectivity index (χ1v) is 6.94. The Balaban J connectivity index is 1.96. The molecular formula is C12H17N5OS. The van der Waals surface area contributed by atoms with Crippen LogP contribution in [0.4, 0.5) is 11.5 Å². The standard InChI is InChI=1S/C12H17N5OS/c1-8(2)18-12-10(13)11(16-7-17-12)15-4-3-9-14-5-6-19-9/h5-8H,3-4,13H2,1-2H3,(H,15,16,17). The molecule has 0 atom stereocenters. The second-order valence-corrected chi connectivity index (χ2v) is 5.19. The van der Waals surface area contributed by atoms with Gasteiger partial charge in [-0.05, 0) is 13.8 Å². The van der Waals surface area contributed by atoms with E-state index in [2.05, 4.69) is 20.3 Å². The van der Waals surface area contributed by atoms with Crippen LogP contribution in [0.2, 0.25) is 0 Å². The summed E-state index contributed by atoms with van der Waals surface area (Å²) >= 11 is 1.63. The van der Waals surface area contributed by atoms with Crippen LogP contribution in [0.3, 0.4) is 0 Å². The number of hydrogen-bond acceptors (Lipinski definition) is 7. The summed E-state index contributed by atoms with van der Waals surface area (Å²) in [6.45, 7) is 4.57. The van der Waals surface area contributed by atoms with Crippen molar-refractivity contribution >= 4 is 22.8 Å². The molecule has 0 unspecified atom stereocenters. The third-order valence-corrected chi connectivity index (χ3v) is 3.15. The number of hydrogen-bond donors (Lipinski definition) is 2. The molecule has 2 aromatic heterocycles. The van der Waals surface area contributed by atoms with E-state index in [-0.39, 0.29) is 6.10 Å². The number of aromatic nitrogens is 3. The van der Waals surface area contributed by atoms with Crippen LogP contribution in [0.25, 0.3) is 0 Å². The Morgan fingerprint density at radius 1 is 1.37 bits per heavy atom. The van der Waals surface area contributed by atoms with Crippen LogP contribution in [0, 0.1) is 0 Å². The summed E-state index contributed by atoms with van der Waals surface area (Å²) in [7, 11) is 0. The first kappa shape index (κ1) is 13.5. The largest absolute Gasteiger partial charge is 0.473 e. The number of ether oxygens (including phenoxy) is 1. The van der Waals surface area contributed by atoms with Gasteiger partial charge in [-0.1, -0.05) is 0 Å². The van der Waals surface area contributed by atoms with E-state index >= 15 is 0 Å². The maximum atomic E-state index is 5.97. The lowest BCUT2D eigenvalue weighted by atomic mass is 10.4. The van der Waals surface area contributed by atoms with E-state index < -0.39 is 0 Å². The molecule has 2 heterocycles. The first-order valence-electron chi connectivity index (χ1n) is 6.06. The summed E-state index contributed by atoms with van der Waals surface area (Å²) in [6, 6.07) is 0. The van der Waals surface area contributed by atoms with E-state index in [0.29, 0.717) is 17.4 Å². The Kier molecular flexibility index (Phi) is 4.51. The lowest BCUT2D eigenvalue weighted by Crippen LogP contribution is -2.13. The predicted octanol–water partition coefficient (Wildman–Crippen LogP) is 1.96. The molecular weight excluding hydrogens is 262 g/mol. The maximum Gasteiger partial charge on any atom is 0.242 e. The van der Waals surface area contributed by atoms with Crippen LogP contribution in [0.1, 0.15) is 18.9 Å². The second-order valence-electron chi connectivity index (χ2n) is 4.21. The van der Waals surface area contributed by atoms with E-state index in [9.17, 15) is 0 Å². The van der Waals surface area contributed by atoms with Crippen molar-refractivity contribution < 1.29 is 4.74 Å². The normalized spacial score (nSPS) is 10.7. The Bertz CT molecular complexity index is 515. The quantitative estimate of drug-likeness (QED) is 0.840. The summed E-state index contributed by atoms with van der Waals surface area (Å²) in [5.74, 6) is 1.02. The molecule has 0 bridgehead atoms. The van der Waals surface area contributed by atoms with Gasteiger partial charge in [0.2, 0.25) is 5.88 Å². The molecule has 0 aliphatic heterocycles. The fourth-order valence-corrected chi connectivity index (χ4v) is 2.12. The Morgan fingerprint density at radius 2 is 2.21 bits per heavy atom. The summed E-state index contributed by atoms with van der Waals surface area (Å²) in [6.07, 6.45) is 4.11. The first-order chi connectivity index (χ1) is 9.16. The number of nitrogens with two attached hydrogens (primary N) is 1. The molecule has 0 saturated carbocycles. The van der Waals surface area contributed by atoms with Gasteiger partial charge in [-0.25, -0.2) is 9.97 Å². The van der Waals surface area contributed by atoms with Crippen LogP contribution < -0.4 is 15.8 Å². The molecule has 0 fully saturated rings. The molecule has 19 heavy (non-hydrogen) atoms. The molecule has 7 heteroatoms. The van der Waals surface area contributed by atoms with Gasteiger partial charge < -0.3 is 15.8 Å². The highest BCUT2D eigenvalue weighted by Crippen LogP contribution is 2.25. The average Bonchev–Trinajstić information content (AvgIpc) is 2.86. The van der Waals surface area contributed by atoms with Gasteiger partial charge in [0.15, 0.2) is 5.82 Å². The molecule has 0 aliphatic carbocycles. The van der Waals surface area contributed by atoms with E-state index in [1.165, 1.54) is 6.33 Å². The van der Waals surface area contributed by atoms with Gasteiger partial charge in [0.05, 0.1) is 11.1 Å². The molecule has 0 saturated heterocycles. The highest BCUT2D eigenvalue weighted by atomic mass is 32.1. The van der Waals surface area contributed by atoms with Gasteiger partial charge in [0.25, 0.3) is 0 Å². The van der Waals surface area contributed by atoms with Crippen molar-refractivity contribution in [3.05, 3.63) is 22.9 Å². The molecule has 6 nitrogen and oxygen atoms in total. The monoisotopic (exact) mass is 279 g/mol. The Morgan fingerprint density at radius 3 is 2.89 bits per heavy atom. The Hall–Kier alpha value is -1.89. The molecule has 102 valence electrons. The van der Waals surface area contributed by atoms with Crippen LogP contribution >= 0.6 is 11.3 Å². The van der Waals surface area contributed by atoms with Crippen molar-refractivity contribution in [2.45, 2.75) is 26.4 Å². The lowest BCUT2D eigenvalue weighted by molar-refractivity contribution is 0.234. The summed E-state index contributed by atoms with van der Waals surface area (Å²) < 4.78 is 5.51. The van der Waals surface area contributed by atoms with Crippen molar-refractivity contribution in [1.29, 1.82) is 0 Å². The van der Waals surface area contributed by atoms with Crippen molar-refractivity contribution in [3.8, 4) is 5.88 Å². The zero-order valence-electron chi connectivity index (χ0n) is 11.0. The van der Waals surface area contributed by atoms with Gasteiger partial charge >= 0.3 is 0 Å². The number of nitrogens with one attached hydrogen (secondary N) is 1. The zero-order valence-corrected chi connectivity index (χ0v) is 11.8. The number of anilines is 2. The van der Waals surface area contributed by atoms with Crippen molar-refractivity contribution in [2.24, 2.45) is 0 Å². The minimum absolute atomic E-state index is 0.0281. The average molecular weight is 279 g/mol. The van der Waals surface area contributed by atoms with Crippen LogP contribution in [-0.4, -0.2) is 27.6 Å². The van der Waals surface area contributed by atoms with Crippen molar-refractivity contribution in [1.82, 2.24) is 15.0 Å². The predicted molar refractivity (Wildman–Crippen MR) is 76.5 cm³/mol. The summed E-state index contributed by atoms with van der Waals surface area (Å²) in [5.41, 5.74) is 6.41.